The molecule has 0 aromatic carbocycles. The maximum atomic E-state index is 12.0. The minimum absolute atomic E-state index is 0.0171. The summed E-state index contributed by atoms with van der Waals surface area (Å²) in [5.74, 6) is 0.207. The third-order valence-electron chi connectivity index (χ3n) is 6.31. The molecule has 2 bridgehead atoms. The van der Waals surface area contributed by atoms with Gasteiger partial charge in [-0.05, 0) is 51.4 Å². The summed E-state index contributed by atoms with van der Waals surface area (Å²) in [6.45, 7) is 0.947. The van der Waals surface area contributed by atoms with Crippen LogP contribution in [0, 0.1) is 11.8 Å². The van der Waals surface area contributed by atoms with E-state index in [1.165, 1.54) is 0 Å². The second-order valence-electron chi connectivity index (χ2n) is 8.25. The van der Waals surface area contributed by atoms with Crippen molar-refractivity contribution in [2.75, 3.05) is 13.2 Å². The van der Waals surface area contributed by atoms with Crippen LogP contribution in [-0.2, 0) is 28.5 Å². The Bertz CT molecular complexity index is 512. The minimum Gasteiger partial charge on any atom is -0.465 e. The Balaban J connectivity index is 0.992. The van der Waals surface area contributed by atoms with Gasteiger partial charge >= 0.3 is 11.9 Å². The number of carbonyl (C=O) groups is 2. The highest BCUT2D eigenvalue weighted by atomic mass is 16.6. The summed E-state index contributed by atoms with van der Waals surface area (Å²) < 4.78 is 21.9. The molecule has 6 unspecified atom stereocenters. The number of carbonyl (C=O) groups excluding carboxylic acids is 2. The van der Waals surface area contributed by atoms with Crippen LogP contribution in [0.5, 0.6) is 0 Å². The first-order valence-electron chi connectivity index (χ1n) is 10.3. The lowest BCUT2D eigenvalue weighted by Crippen LogP contribution is -2.49. The Kier molecular flexibility index (Phi) is 5.79. The van der Waals surface area contributed by atoms with Crippen molar-refractivity contribution in [3.63, 3.8) is 0 Å². The lowest BCUT2D eigenvalue weighted by atomic mass is 9.80. The van der Waals surface area contributed by atoms with E-state index >= 15 is 0 Å². The van der Waals surface area contributed by atoms with Crippen molar-refractivity contribution >= 4 is 11.9 Å². The van der Waals surface area contributed by atoms with E-state index in [9.17, 15) is 9.59 Å². The third-order valence-corrected chi connectivity index (χ3v) is 6.31. The number of unbranched alkanes of at least 4 members (excludes halogenated alkanes) is 2. The molecule has 5 rings (SSSR count). The van der Waals surface area contributed by atoms with Crippen LogP contribution in [-0.4, -0.2) is 49.6 Å². The number of esters is 2. The van der Waals surface area contributed by atoms with E-state index in [1.807, 2.05) is 0 Å². The summed E-state index contributed by atoms with van der Waals surface area (Å²) in [5, 5.41) is 0. The lowest BCUT2D eigenvalue weighted by Gasteiger charge is -2.46. The molecule has 0 radical (unpaired) electrons. The van der Waals surface area contributed by atoms with Crippen molar-refractivity contribution in [1.82, 2.24) is 0 Å². The van der Waals surface area contributed by atoms with Crippen LogP contribution in [0.1, 0.15) is 64.2 Å². The molecule has 0 spiro atoms. The van der Waals surface area contributed by atoms with Crippen LogP contribution in [0.4, 0.5) is 0 Å². The molecule has 3 saturated heterocycles. The van der Waals surface area contributed by atoms with E-state index in [2.05, 4.69) is 0 Å². The highest BCUT2D eigenvalue weighted by Gasteiger charge is 2.46. The highest BCUT2D eigenvalue weighted by molar-refractivity contribution is 5.72. The quantitative estimate of drug-likeness (QED) is 0.355. The van der Waals surface area contributed by atoms with E-state index in [0.717, 1.165) is 57.8 Å². The molecule has 2 aliphatic carbocycles. The molecule has 6 atom stereocenters. The van der Waals surface area contributed by atoms with E-state index in [1.54, 1.807) is 0 Å². The molecule has 146 valence electrons. The summed E-state index contributed by atoms with van der Waals surface area (Å²) in [7, 11) is 0. The average Bonchev–Trinajstić information content (AvgIpc) is 3.41. The molecule has 2 saturated carbocycles. The van der Waals surface area contributed by atoms with Crippen LogP contribution in [0.15, 0.2) is 0 Å². The van der Waals surface area contributed by atoms with Crippen molar-refractivity contribution < 1.29 is 28.5 Å². The number of ether oxygens (including phenoxy) is 4. The van der Waals surface area contributed by atoms with Gasteiger partial charge in [0.2, 0.25) is 0 Å². The topological polar surface area (TPSA) is 74.4 Å². The number of epoxide rings is 1. The number of rotatable bonds is 9. The van der Waals surface area contributed by atoms with Crippen LogP contribution in [0.25, 0.3) is 0 Å². The molecule has 6 heteroatoms. The van der Waals surface area contributed by atoms with Gasteiger partial charge in [0.1, 0.15) is 0 Å². The van der Waals surface area contributed by atoms with Crippen LogP contribution < -0.4 is 0 Å². The van der Waals surface area contributed by atoms with Crippen LogP contribution in [0.3, 0.4) is 0 Å². The Labute approximate surface area is 154 Å². The SMILES string of the molecule is O=C(CCCCCOC(=O)C1CCC2OC2C1)OCC1CCC2CC1O2. The summed E-state index contributed by atoms with van der Waals surface area (Å²) in [4.78, 5) is 23.8. The van der Waals surface area contributed by atoms with Crippen molar-refractivity contribution in [3.05, 3.63) is 0 Å². The minimum atomic E-state index is -0.121. The molecule has 5 aliphatic rings. The molecule has 0 amide bonds. The third kappa shape index (κ3) is 4.58. The van der Waals surface area contributed by atoms with Gasteiger partial charge in [-0.2, -0.15) is 0 Å². The Morgan fingerprint density at radius 1 is 0.846 bits per heavy atom. The fourth-order valence-corrected chi connectivity index (χ4v) is 4.49. The van der Waals surface area contributed by atoms with Gasteiger partial charge in [-0.25, -0.2) is 0 Å². The molecule has 0 N–H and O–H groups in total. The second kappa shape index (κ2) is 8.26. The Morgan fingerprint density at radius 2 is 1.73 bits per heavy atom. The van der Waals surface area contributed by atoms with Gasteiger partial charge in [0.05, 0.1) is 43.5 Å². The smallest absolute Gasteiger partial charge is 0.309 e. The molecule has 26 heavy (non-hydrogen) atoms. The predicted molar refractivity (Wildman–Crippen MR) is 92.4 cm³/mol. The standard InChI is InChI=1S/C20H30O6/c21-19(24-12-14-5-7-15-11-17(14)25-15)4-2-1-3-9-23-20(22)13-6-8-16-18(10-13)26-16/h13-18H,1-12H2. The van der Waals surface area contributed by atoms with Gasteiger partial charge in [0.15, 0.2) is 0 Å². The predicted octanol–water partition coefficient (Wildman–Crippen LogP) is 2.77. The zero-order valence-corrected chi connectivity index (χ0v) is 15.4. The normalized spacial score (nSPS) is 37.2. The fraction of sp³-hybridized carbons (Fsp3) is 0.900. The summed E-state index contributed by atoms with van der Waals surface area (Å²) in [5.41, 5.74) is 0. The van der Waals surface area contributed by atoms with E-state index in [0.29, 0.717) is 50.0 Å². The first kappa shape index (κ1) is 18.2. The number of hydrogen-bond donors (Lipinski definition) is 0. The summed E-state index contributed by atoms with van der Waals surface area (Å²) >= 11 is 0. The molecule has 5 fully saturated rings. The molecule has 6 nitrogen and oxygen atoms in total. The van der Waals surface area contributed by atoms with Gasteiger partial charge in [0.25, 0.3) is 0 Å². The van der Waals surface area contributed by atoms with Crippen molar-refractivity contribution in [3.8, 4) is 0 Å². The largest absolute Gasteiger partial charge is 0.465 e. The maximum Gasteiger partial charge on any atom is 0.309 e. The van der Waals surface area contributed by atoms with Crippen LogP contribution in [0.2, 0.25) is 0 Å². The monoisotopic (exact) mass is 366 g/mol. The van der Waals surface area contributed by atoms with E-state index in [-0.39, 0.29) is 17.9 Å². The number of fused-ring (bicyclic) bond motifs is 3. The molecule has 0 aromatic heterocycles. The van der Waals surface area contributed by atoms with Gasteiger partial charge in [-0.15, -0.1) is 0 Å². The van der Waals surface area contributed by atoms with Gasteiger partial charge in [-0.3, -0.25) is 9.59 Å². The van der Waals surface area contributed by atoms with Gasteiger partial charge in [-0.1, -0.05) is 0 Å². The summed E-state index contributed by atoms with van der Waals surface area (Å²) in [6, 6.07) is 0. The first-order chi connectivity index (χ1) is 12.7. The average molecular weight is 366 g/mol. The van der Waals surface area contributed by atoms with Crippen molar-refractivity contribution in [2.24, 2.45) is 11.8 Å². The Morgan fingerprint density at radius 3 is 2.50 bits per heavy atom. The van der Waals surface area contributed by atoms with E-state index in [4.69, 9.17) is 18.9 Å². The zero-order chi connectivity index (χ0) is 17.9. The maximum absolute atomic E-state index is 12.0. The second-order valence-corrected chi connectivity index (χ2v) is 8.25. The van der Waals surface area contributed by atoms with Crippen molar-refractivity contribution in [2.45, 2.75) is 88.6 Å². The molecule has 3 heterocycles. The first-order valence-corrected chi connectivity index (χ1v) is 10.3. The van der Waals surface area contributed by atoms with Gasteiger partial charge in [0, 0.05) is 18.8 Å². The molecule has 0 aromatic rings. The summed E-state index contributed by atoms with van der Waals surface area (Å²) in [6.07, 6.45) is 10.5. The van der Waals surface area contributed by atoms with Crippen molar-refractivity contribution in [1.29, 1.82) is 0 Å². The fourth-order valence-electron chi connectivity index (χ4n) is 4.49. The molecule has 3 aliphatic heterocycles. The van der Waals surface area contributed by atoms with Crippen LogP contribution >= 0.6 is 0 Å². The highest BCUT2D eigenvalue weighted by Crippen LogP contribution is 2.40. The van der Waals surface area contributed by atoms with E-state index < -0.39 is 0 Å². The number of hydrogen-bond acceptors (Lipinski definition) is 6. The molecular formula is C20H30O6. The Hall–Kier alpha value is -1.14. The molecular weight excluding hydrogens is 336 g/mol. The van der Waals surface area contributed by atoms with Gasteiger partial charge < -0.3 is 18.9 Å². The lowest BCUT2D eigenvalue weighted by molar-refractivity contribution is -0.196. The zero-order valence-electron chi connectivity index (χ0n) is 15.4.